The van der Waals surface area contributed by atoms with Crippen LogP contribution in [0.2, 0.25) is 0 Å². The van der Waals surface area contributed by atoms with E-state index in [2.05, 4.69) is 46.4 Å². The van der Waals surface area contributed by atoms with Crippen LogP contribution in [0.15, 0.2) is 0 Å². The molecule has 0 saturated carbocycles. The fourth-order valence-electron chi connectivity index (χ4n) is 2.17. The molecular weight excluding hydrogens is 174 g/mol. The van der Waals surface area contributed by atoms with Gasteiger partial charge in [-0.25, -0.2) is 0 Å². The molecule has 1 aliphatic heterocycles. The van der Waals surface area contributed by atoms with Crippen molar-refractivity contribution in [1.82, 2.24) is 4.90 Å². The van der Waals surface area contributed by atoms with E-state index in [1.807, 2.05) is 0 Å². The van der Waals surface area contributed by atoms with Crippen LogP contribution in [0.1, 0.15) is 48.0 Å². The van der Waals surface area contributed by atoms with Gasteiger partial charge in [0.15, 0.2) is 0 Å². The van der Waals surface area contributed by atoms with Crippen LogP contribution in [0.5, 0.6) is 0 Å². The summed E-state index contributed by atoms with van der Waals surface area (Å²) in [6.07, 6.45) is 0.723. The van der Waals surface area contributed by atoms with E-state index in [0.29, 0.717) is 18.4 Å². The van der Waals surface area contributed by atoms with Gasteiger partial charge in [0.25, 0.3) is 0 Å². The zero-order chi connectivity index (χ0) is 11.1. The summed E-state index contributed by atoms with van der Waals surface area (Å²) in [6.45, 7) is 13.8. The summed E-state index contributed by atoms with van der Waals surface area (Å²) in [4.78, 5) is 13.9. The first-order valence-electron chi connectivity index (χ1n) is 5.41. The van der Waals surface area contributed by atoms with Crippen molar-refractivity contribution in [2.24, 2.45) is 5.41 Å². The maximum absolute atomic E-state index is 11.5. The highest BCUT2D eigenvalue weighted by atomic mass is 16.1. The maximum atomic E-state index is 11.5. The Labute approximate surface area is 87.7 Å². The number of hydrogen-bond acceptors (Lipinski definition) is 2. The predicted octanol–water partition coefficient (Wildman–Crippen LogP) is 2.47. The Hall–Kier alpha value is -0.370. The van der Waals surface area contributed by atoms with E-state index in [-0.39, 0.29) is 11.0 Å². The lowest BCUT2D eigenvalue weighted by molar-refractivity contribution is -0.117. The molecule has 0 aromatic heterocycles. The molecule has 0 aromatic rings. The van der Waals surface area contributed by atoms with Crippen LogP contribution < -0.4 is 0 Å². The third-order valence-electron chi connectivity index (χ3n) is 3.01. The van der Waals surface area contributed by atoms with Crippen LogP contribution in [0.3, 0.4) is 0 Å². The molecule has 0 spiro atoms. The van der Waals surface area contributed by atoms with Gasteiger partial charge in [-0.05, 0) is 26.2 Å². The lowest BCUT2D eigenvalue weighted by Gasteiger charge is -2.42. The summed E-state index contributed by atoms with van der Waals surface area (Å²) in [6, 6.07) is 0.398. The number of likely N-dealkylation sites (tertiary alicyclic amines) is 1. The summed E-state index contributed by atoms with van der Waals surface area (Å²) < 4.78 is 0. The Kier molecular flexibility index (Phi) is 2.79. The molecule has 2 heteroatoms. The molecule has 2 nitrogen and oxygen atoms in total. The quantitative estimate of drug-likeness (QED) is 0.594. The lowest BCUT2D eigenvalue weighted by Crippen LogP contribution is -2.49. The van der Waals surface area contributed by atoms with Crippen molar-refractivity contribution >= 4 is 5.78 Å². The Morgan fingerprint density at radius 2 is 1.64 bits per heavy atom. The zero-order valence-corrected chi connectivity index (χ0v) is 10.3. The van der Waals surface area contributed by atoms with Crippen molar-refractivity contribution < 1.29 is 4.79 Å². The Morgan fingerprint density at radius 1 is 1.14 bits per heavy atom. The number of hydrogen-bond donors (Lipinski definition) is 0. The second-order valence-corrected chi connectivity index (χ2v) is 6.42. The van der Waals surface area contributed by atoms with E-state index in [1.165, 1.54) is 0 Å². The number of ketones is 1. The normalized spacial score (nSPS) is 25.9. The highest BCUT2D eigenvalue weighted by Gasteiger charge is 2.42. The standard InChI is InChI=1S/C12H23NO/c1-11(2,3)10-7-9(14)8-13(10)12(4,5)6/h10H,7-8H2,1-6H3. The van der Waals surface area contributed by atoms with Gasteiger partial charge in [0.2, 0.25) is 0 Å². The number of nitrogens with zero attached hydrogens (tertiary/aromatic N) is 1. The molecular formula is C12H23NO. The molecule has 0 aliphatic carbocycles. The predicted molar refractivity (Wildman–Crippen MR) is 59.3 cm³/mol. The van der Waals surface area contributed by atoms with Crippen LogP contribution in [0, 0.1) is 5.41 Å². The second kappa shape index (κ2) is 3.34. The molecule has 0 bridgehead atoms. The van der Waals surface area contributed by atoms with Crippen LogP contribution in [-0.2, 0) is 4.79 Å². The molecule has 0 N–H and O–H groups in total. The second-order valence-electron chi connectivity index (χ2n) is 6.42. The summed E-state index contributed by atoms with van der Waals surface area (Å²) in [5.74, 6) is 0.389. The summed E-state index contributed by atoms with van der Waals surface area (Å²) in [5.41, 5.74) is 0.295. The SMILES string of the molecule is CC(C)(C)C1CC(=O)CN1C(C)(C)C. The van der Waals surface area contributed by atoms with Gasteiger partial charge in [-0.15, -0.1) is 0 Å². The van der Waals surface area contributed by atoms with Gasteiger partial charge < -0.3 is 0 Å². The minimum absolute atomic E-state index is 0.101. The van der Waals surface area contributed by atoms with Crippen LogP contribution in [0.4, 0.5) is 0 Å². The van der Waals surface area contributed by atoms with Crippen molar-refractivity contribution in [3.8, 4) is 0 Å². The molecule has 1 fully saturated rings. The lowest BCUT2D eigenvalue weighted by atomic mass is 9.83. The molecule has 1 saturated heterocycles. The fraction of sp³-hybridized carbons (Fsp3) is 0.917. The highest BCUT2D eigenvalue weighted by Crippen LogP contribution is 2.35. The topological polar surface area (TPSA) is 20.3 Å². The molecule has 0 radical (unpaired) electrons. The van der Waals surface area contributed by atoms with E-state index in [9.17, 15) is 4.79 Å². The third kappa shape index (κ3) is 2.35. The molecule has 1 rings (SSSR count). The van der Waals surface area contributed by atoms with Crippen molar-refractivity contribution in [1.29, 1.82) is 0 Å². The molecule has 1 atom stereocenters. The van der Waals surface area contributed by atoms with Crippen LogP contribution in [0.25, 0.3) is 0 Å². The first kappa shape index (κ1) is 11.7. The van der Waals surface area contributed by atoms with Gasteiger partial charge in [-0.1, -0.05) is 20.8 Å². The molecule has 82 valence electrons. The summed E-state index contributed by atoms with van der Waals surface area (Å²) in [5, 5.41) is 0. The van der Waals surface area contributed by atoms with E-state index < -0.39 is 0 Å². The van der Waals surface area contributed by atoms with E-state index in [4.69, 9.17) is 0 Å². The highest BCUT2D eigenvalue weighted by molar-refractivity contribution is 5.83. The van der Waals surface area contributed by atoms with Crippen molar-refractivity contribution in [2.45, 2.75) is 59.5 Å². The van der Waals surface area contributed by atoms with Crippen molar-refractivity contribution in [3.63, 3.8) is 0 Å². The first-order chi connectivity index (χ1) is 6.12. The van der Waals surface area contributed by atoms with E-state index in [0.717, 1.165) is 6.42 Å². The zero-order valence-electron chi connectivity index (χ0n) is 10.3. The first-order valence-corrected chi connectivity index (χ1v) is 5.41. The molecule has 1 heterocycles. The minimum atomic E-state index is 0.101. The summed E-state index contributed by atoms with van der Waals surface area (Å²) in [7, 11) is 0. The van der Waals surface area contributed by atoms with Gasteiger partial charge >= 0.3 is 0 Å². The van der Waals surface area contributed by atoms with Crippen LogP contribution >= 0.6 is 0 Å². The van der Waals surface area contributed by atoms with Gasteiger partial charge in [0, 0.05) is 18.0 Å². The average molecular weight is 197 g/mol. The maximum Gasteiger partial charge on any atom is 0.148 e. The molecule has 1 aliphatic rings. The molecule has 0 amide bonds. The third-order valence-corrected chi connectivity index (χ3v) is 3.01. The molecule has 14 heavy (non-hydrogen) atoms. The smallest absolute Gasteiger partial charge is 0.148 e. The molecule has 0 aromatic carbocycles. The Bertz CT molecular complexity index is 208. The number of rotatable bonds is 0. The van der Waals surface area contributed by atoms with Gasteiger partial charge in [-0.3, -0.25) is 9.69 Å². The van der Waals surface area contributed by atoms with Crippen molar-refractivity contribution in [2.75, 3.05) is 6.54 Å². The molecule has 1 unspecified atom stereocenters. The van der Waals surface area contributed by atoms with Gasteiger partial charge in [-0.2, -0.15) is 0 Å². The Morgan fingerprint density at radius 3 is 1.93 bits per heavy atom. The van der Waals surface area contributed by atoms with Gasteiger partial charge in [0.05, 0.1) is 6.54 Å². The van der Waals surface area contributed by atoms with Crippen molar-refractivity contribution in [3.05, 3.63) is 0 Å². The fourth-order valence-corrected chi connectivity index (χ4v) is 2.17. The average Bonchev–Trinajstić information content (AvgIpc) is 2.27. The summed E-state index contributed by atoms with van der Waals surface area (Å²) >= 11 is 0. The number of Topliss-reactive ketones (excluding diaryl/α,β-unsaturated/α-hetero) is 1. The number of carbonyl (C=O) groups is 1. The monoisotopic (exact) mass is 197 g/mol. The van der Waals surface area contributed by atoms with E-state index >= 15 is 0 Å². The van der Waals surface area contributed by atoms with Crippen LogP contribution in [-0.4, -0.2) is 28.8 Å². The van der Waals surface area contributed by atoms with Gasteiger partial charge in [0.1, 0.15) is 5.78 Å². The largest absolute Gasteiger partial charge is 0.298 e. The minimum Gasteiger partial charge on any atom is -0.298 e. The Balaban J connectivity index is 2.89. The van der Waals surface area contributed by atoms with E-state index in [1.54, 1.807) is 0 Å². The number of carbonyl (C=O) groups excluding carboxylic acids is 1.